The van der Waals surface area contributed by atoms with Crippen LogP contribution >= 0.6 is 0 Å². The molecule has 2 aromatic heterocycles. The lowest BCUT2D eigenvalue weighted by Gasteiger charge is -2.32. The molecule has 2 saturated heterocycles. The molecule has 2 aromatic carbocycles. The molecule has 0 radical (unpaired) electrons. The summed E-state index contributed by atoms with van der Waals surface area (Å²) in [6, 6.07) is 13.6. The van der Waals surface area contributed by atoms with Crippen LogP contribution in [-0.4, -0.2) is 50.1 Å². The molecule has 0 bridgehead atoms. The highest BCUT2D eigenvalue weighted by Gasteiger charge is 2.54. The summed E-state index contributed by atoms with van der Waals surface area (Å²) in [5.74, 6) is -0.0772. The predicted octanol–water partition coefficient (Wildman–Crippen LogP) is 5.56. The highest BCUT2D eigenvalue weighted by Crippen LogP contribution is 2.46. The zero-order valence-corrected chi connectivity index (χ0v) is 31.2. The molecule has 1 N–H and O–H groups in total. The van der Waals surface area contributed by atoms with Crippen LogP contribution in [0.15, 0.2) is 47.3 Å². The van der Waals surface area contributed by atoms with Crippen LogP contribution in [-0.2, 0) is 54.5 Å². The van der Waals surface area contributed by atoms with E-state index in [0.29, 0.717) is 35.7 Å². The Hall–Kier alpha value is -4.07. The molecule has 4 aliphatic rings. The number of aliphatic hydroxyl groups is 1. The summed E-state index contributed by atoms with van der Waals surface area (Å²) >= 11 is 0. The van der Waals surface area contributed by atoms with E-state index in [9.17, 15) is 14.7 Å². The molecule has 272 valence electrons. The molecule has 0 spiro atoms. The SMILES string of the molecule is CCc1c2c(nc3ccc(OCc4ccc(B5OC(C)(C)C(C)(C)O5)c(C5OC(C)(C)C(C)(C)O5)c4)cc13)-c1cc3c(c(=O)n1C2)COC(=O)C3O. The van der Waals surface area contributed by atoms with Crippen molar-refractivity contribution in [3.05, 3.63) is 86.2 Å². The van der Waals surface area contributed by atoms with Gasteiger partial charge in [0, 0.05) is 22.1 Å². The van der Waals surface area contributed by atoms with Crippen molar-refractivity contribution in [2.24, 2.45) is 0 Å². The summed E-state index contributed by atoms with van der Waals surface area (Å²) in [6.07, 6.45) is -1.42. The second-order valence-corrected chi connectivity index (χ2v) is 16.2. The van der Waals surface area contributed by atoms with Crippen molar-refractivity contribution in [2.75, 3.05) is 0 Å². The minimum atomic E-state index is -1.50. The zero-order chi connectivity index (χ0) is 37.1. The van der Waals surface area contributed by atoms with Crippen LogP contribution in [0.5, 0.6) is 5.75 Å². The standard InChI is InChI=1S/C40H45BN2O9/c1-10-23-24-16-22(12-14-30(24)42-32-27(23)18-43-31(32)17-25-28(34(43)45)20-48-35(46)33(25)44)47-19-21-11-13-29(41-51-39(6,7)40(8,9)52-41)26(15-21)36-49-37(2,3)38(4,5)50-36/h11-17,33,36,44H,10,18-20H2,1-9H3. The average molecular weight is 709 g/mol. The fourth-order valence-corrected chi connectivity index (χ4v) is 7.42. The molecule has 12 heteroatoms. The summed E-state index contributed by atoms with van der Waals surface area (Å²) in [4.78, 5) is 30.6. The number of fused-ring (bicyclic) bond motifs is 5. The van der Waals surface area contributed by atoms with Crippen molar-refractivity contribution in [3.8, 4) is 17.1 Å². The van der Waals surface area contributed by atoms with Gasteiger partial charge in [-0.15, -0.1) is 0 Å². The Bertz CT molecular complexity index is 2190. The van der Waals surface area contributed by atoms with Gasteiger partial charge in [0.15, 0.2) is 12.4 Å². The molecule has 1 atom stereocenters. The fourth-order valence-electron chi connectivity index (χ4n) is 7.42. The Balaban J connectivity index is 1.11. The van der Waals surface area contributed by atoms with E-state index >= 15 is 0 Å². The van der Waals surface area contributed by atoms with E-state index in [1.54, 1.807) is 10.6 Å². The Morgan fingerprint density at radius 3 is 2.25 bits per heavy atom. The molecule has 6 heterocycles. The van der Waals surface area contributed by atoms with E-state index in [1.165, 1.54) is 0 Å². The Morgan fingerprint density at radius 2 is 1.58 bits per heavy atom. The first-order valence-electron chi connectivity index (χ1n) is 18.0. The van der Waals surface area contributed by atoms with Gasteiger partial charge in [-0.3, -0.25) is 4.79 Å². The van der Waals surface area contributed by atoms with Crippen molar-refractivity contribution in [1.29, 1.82) is 0 Å². The third kappa shape index (κ3) is 5.33. The van der Waals surface area contributed by atoms with E-state index in [-0.39, 0.29) is 24.3 Å². The number of rotatable bonds is 6. The normalized spacial score (nSPS) is 22.3. The van der Waals surface area contributed by atoms with Crippen molar-refractivity contribution >= 4 is 29.5 Å². The van der Waals surface area contributed by atoms with Crippen LogP contribution in [0.2, 0.25) is 0 Å². The maximum absolute atomic E-state index is 13.5. The first-order valence-corrected chi connectivity index (χ1v) is 18.0. The molecular weight excluding hydrogens is 663 g/mol. The van der Waals surface area contributed by atoms with Gasteiger partial charge in [0.25, 0.3) is 5.56 Å². The number of benzene rings is 2. The van der Waals surface area contributed by atoms with Crippen LogP contribution < -0.4 is 15.8 Å². The van der Waals surface area contributed by atoms with Gasteiger partial charge in [-0.1, -0.05) is 19.1 Å². The lowest BCUT2D eigenvalue weighted by atomic mass is 9.75. The van der Waals surface area contributed by atoms with E-state index in [2.05, 4.69) is 13.0 Å². The number of esters is 1. The fraction of sp³-hybridized carbons (Fsp3) is 0.475. The topological polar surface area (TPSA) is 128 Å². The van der Waals surface area contributed by atoms with Crippen molar-refractivity contribution in [1.82, 2.24) is 9.55 Å². The smallest absolute Gasteiger partial charge is 0.489 e. The van der Waals surface area contributed by atoms with E-state index in [4.69, 9.17) is 33.2 Å². The van der Waals surface area contributed by atoms with Crippen LogP contribution in [0.25, 0.3) is 22.3 Å². The molecule has 1 unspecified atom stereocenters. The third-order valence-corrected chi connectivity index (χ3v) is 12.0. The van der Waals surface area contributed by atoms with Crippen LogP contribution in [0, 0.1) is 0 Å². The summed E-state index contributed by atoms with van der Waals surface area (Å²) in [7, 11) is -0.593. The minimum absolute atomic E-state index is 0.156. The first-order chi connectivity index (χ1) is 24.4. The number of pyridine rings is 2. The van der Waals surface area contributed by atoms with Crippen LogP contribution in [0.1, 0.15) is 108 Å². The number of aryl methyl sites for hydroxylation is 1. The molecule has 0 aliphatic carbocycles. The molecule has 2 fully saturated rings. The molecule has 4 aromatic rings. The van der Waals surface area contributed by atoms with Gasteiger partial charge in [-0.25, -0.2) is 9.78 Å². The zero-order valence-electron chi connectivity index (χ0n) is 31.2. The van der Waals surface area contributed by atoms with Gasteiger partial charge in [0.2, 0.25) is 0 Å². The van der Waals surface area contributed by atoms with E-state index < -0.39 is 47.9 Å². The number of aromatic nitrogens is 2. The Labute approximate surface area is 303 Å². The number of ether oxygens (including phenoxy) is 4. The summed E-state index contributed by atoms with van der Waals surface area (Å²) in [5.41, 5.74) is 4.88. The molecular formula is C40H45BN2O9. The number of nitrogens with zero attached hydrogens (tertiary/aromatic N) is 2. The highest BCUT2D eigenvalue weighted by molar-refractivity contribution is 6.62. The maximum Gasteiger partial charge on any atom is 0.495 e. The Kier molecular flexibility index (Phi) is 7.88. The van der Waals surface area contributed by atoms with Gasteiger partial charge in [0.1, 0.15) is 19.0 Å². The largest absolute Gasteiger partial charge is 0.495 e. The molecule has 8 rings (SSSR count). The number of hydrogen-bond acceptors (Lipinski definition) is 10. The molecule has 52 heavy (non-hydrogen) atoms. The molecule has 11 nitrogen and oxygen atoms in total. The predicted molar refractivity (Wildman–Crippen MR) is 194 cm³/mol. The number of cyclic esters (lactones) is 1. The second kappa shape index (κ2) is 11.7. The maximum atomic E-state index is 13.5. The van der Waals surface area contributed by atoms with Crippen LogP contribution in [0.4, 0.5) is 0 Å². The minimum Gasteiger partial charge on any atom is -0.489 e. The van der Waals surface area contributed by atoms with Gasteiger partial charge < -0.3 is 37.9 Å². The quantitative estimate of drug-likeness (QED) is 0.177. The van der Waals surface area contributed by atoms with Crippen molar-refractivity contribution in [3.63, 3.8) is 0 Å². The monoisotopic (exact) mass is 708 g/mol. The van der Waals surface area contributed by atoms with Gasteiger partial charge >= 0.3 is 13.1 Å². The number of carbonyl (C=O) groups is 1. The number of carbonyl (C=O) groups excluding carboxylic acids is 1. The Morgan fingerprint density at radius 1 is 0.885 bits per heavy atom. The van der Waals surface area contributed by atoms with Gasteiger partial charge in [-0.05, 0) is 109 Å². The number of aliphatic hydroxyl groups excluding tert-OH is 1. The third-order valence-electron chi connectivity index (χ3n) is 12.0. The summed E-state index contributed by atoms with van der Waals surface area (Å²) in [5, 5.41) is 11.4. The van der Waals surface area contributed by atoms with Crippen LogP contribution in [0.3, 0.4) is 0 Å². The molecule has 4 aliphatic heterocycles. The number of hydrogen-bond donors (Lipinski definition) is 1. The van der Waals surface area contributed by atoms with E-state index in [1.807, 2.05) is 85.7 Å². The van der Waals surface area contributed by atoms with Crippen molar-refractivity contribution < 1.29 is 38.2 Å². The summed E-state index contributed by atoms with van der Waals surface area (Å²) < 4.78 is 39.1. The molecule has 0 amide bonds. The lowest BCUT2D eigenvalue weighted by Crippen LogP contribution is -2.41. The average Bonchev–Trinajstić information content (AvgIpc) is 3.63. The van der Waals surface area contributed by atoms with Gasteiger partial charge in [0.05, 0.1) is 51.4 Å². The second-order valence-electron chi connectivity index (χ2n) is 16.2. The lowest BCUT2D eigenvalue weighted by molar-refractivity contribution is -0.157. The van der Waals surface area contributed by atoms with E-state index in [0.717, 1.165) is 38.6 Å². The first kappa shape index (κ1) is 35.0. The summed E-state index contributed by atoms with van der Waals surface area (Å²) in [6.45, 7) is 18.9. The van der Waals surface area contributed by atoms with Crippen molar-refractivity contribution in [2.45, 2.75) is 123 Å². The highest BCUT2D eigenvalue weighted by atomic mass is 16.7. The van der Waals surface area contributed by atoms with Gasteiger partial charge in [-0.2, -0.15) is 0 Å². The molecule has 0 saturated carbocycles.